The second-order valence-electron chi connectivity index (χ2n) is 5.45. The van der Waals surface area contributed by atoms with Gasteiger partial charge in [0.05, 0.1) is 10.5 Å². The Morgan fingerprint density at radius 3 is 2.20 bits per heavy atom. The van der Waals surface area contributed by atoms with Crippen LogP contribution in [-0.2, 0) is 17.4 Å². The number of hydrogen-bond acceptors (Lipinski definition) is 3. The quantitative estimate of drug-likeness (QED) is 0.628. The van der Waals surface area contributed by atoms with Gasteiger partial charge >= 0.3 is 6.18 Å². The number of nitro benzene ring substituents is 1. The molecular formula is C13H14F3NO3. The van der Waals surface area contributed by atoms with Gasteiger partial charge in [-0.05, 0) is 6.07 Å². The molecule has 0 atom stereocenters. The molecule has 0 saturated carbocycles. The fourth-order valence-electron chi connectivity index (χ4n) is 1.50. The summed E-state index contributed by atoms with van der Waals surface area (Å²) in [4.78, 5) is 21.8. The van der Waals surface area contributed by atoms with E-state index in [0.717, 1.165) is 12.1 Å². The molecule has 0 N–H and O–H groups in total. The predicted molar refractivity (Wildman–Crippen MR) is 66.3 cm³/mol. The van der Waals surface area contributed by atoms with Crippen LogP contribution in [0.1, 0.15) is 31.9 Å². The second kappa shape index (κ2) is 5.22. The average Bonchev–Trinajstić information content (AvgIpc) is 2.26. The lowest BCUT2D eigenvalue weighted by atomic mass is 9.86. The first-order valence-electron chi connectivity index (χ1n) is 5.80. The van der Waals surface area contributed by atoms with Crippen LogP contribution in [0.4, 0.5) is 18.9 Å². The summed E-state index contributed by atoms with van der Waals surface area (Å²) in [6, 6.07) is 2.20. The van der Waals surface area contributed by atoms with E-state index in [4.69, 9.17) is 0 Å². The fourth-order valence-corrected chi connectivity index (χ4v) is 1.50. The van der Waals surface area contributed by atoms with E-state index < -0.39 is 27.8 Å². The molecule has 7 heteroatoms. The number of ketones is 1. The van der Waals surface area contributed by atoms with E-state index in [0.29, 0.717) is 6.07 Å². The number of Topliss-reactive ketones (excluding diaryl/α,β-unsaturated/α-hetero) is 1. The summed E-state index contributed by atoms with van der Waals surface area (Å²) in [5.74, 6) is -0.277. The third-order valence-electron chi connectivity index (χ3n) is 2.80. The van der Waals surface area contributed by atoms with Gasteiger partial charge in [0.15, 0.2) is 0 Å². The average molecular weight is 289 g/mol. The molecule has 0 fully saturated rings. The largest absolute Gasteiger partial charge is 0.416 e. The van der Waals surface area contributed by atoms with E-state index in [1.807, 2.05) is 0 Å². The summed E-state index contributed by atoms with van der Waals surface area (Å²) in [6.07, 6.45) is -4.92. The molecule has 0 radical (unpaired) electrons. The molecule has 0 bridgehead atoms. The number of carbonyl (C=O) groups excluding carboxylic acids is 1. The minimum atomic E-state index is -4.66. The van der Waals surface area contributed by atoms with Crippen molar-refractivity contribution in [1.29, 1.82) is 0 Å². The number of hydrogen-bond donors (Lipinski definition) is 0. The molecule has 0 aliphatic heterocycles. The Morgan fingerprint density at radius 1 is 1.25 bits per heavy atom. The highest BCUT2D eigenvalue weighted by atomic mass is 19.4. The van der Waals surface area contributed by atoms with E-state index in [2.05, 4.69) is 0 Å². The molecule has 0 unspecified atom stereocenters. The molecule has 1 aromatic rings. The van der Waals surface area contributed by atoms with Gasteiger partial charge in [-0.3, -0.25) is 14.9 Å². The van der Waals surface area contributed by atoms with Crippen molar-refractivity contribution in [2.75, 3.05) is 0 Å². The van der Waals surface area contributed by atoms with Gasteiger partial charge < -0.3 is 0 Å². The van der Waals surface area contributed by atoms with Gasteiger partial charge in [-0.25, -0.2) is 0 Å². The summed E-state index contributed by atoms with van der Waals surface area (Å²) >= 11 is 0. The molecule has 0 aliphatic rings. The molecule has 110 valence electrons. The summed E-state index contributed by atoms with van der Waals surface area (Å²) < 4.78 is 37.6. The van der Waals surface area contributed by atoms with Gasteiger partial charge in [0.25, 0.3) is 5.69 Å². The third-order valence-corrected chi connectivity index (χ3v) is 2.80. The number of halogens is 3. The number of rotatable bonds is 3. The Hall–Kier alpha value is -1.92. The monoisotopic (exact) mass is 289 g/mol. The van der Waals surface area contributed by atoms with Gasteiger partial charge in [0.2, 0.25) is 0 Å². The van der Waals surface area contributed by atoms with Crippen LogP contribution in [0.25, 0.3) is 0 Å². The maximum absolute atomic E-state index is 12.5. The second-order valence-corrected chi connectivity index (χ2v) is 5.45. The van der Waals surface area contributed by atoms with Crippen LogP contribution in [0.15, 0.2) is 18.2 Å². The zero-order valence-corrected chi connectivity index (χ0v) is 11.2. The highest BCUT2D eigenvalue weighted by molar-refractivity contribution is 5.86. The number of nitrogens with zero attached hydrogens (tertiary/aromatic N) is 1. The van der Waals surface area contributed by atoms with E-state index in [9.17, 15) is 28.1 Å². The molecular weight excluding hydrogens is 275 g/mol. The maximum Gasteiger partial charge on any atom is 0.416 e. The van der Waals surface area contributed by atoms with Gasteiger partial charge in [-0.1, -0.05) is 26.8 Å². The van der Waals surface area contributed by atoms with Crippen molar-refractivity contribution in [3.05, 3.63) is 39.4 Å². The highest BCUT2D eigenvalue weighted by Crippen LogP contribution is 2.33. The van der Waals surface area contributed by atoms with E-state index in [-0.39, 0.29) is 17.8 Å². The number of benzene rings is 1. The minimum Gasteiger partial charge on any atom is -0.299 e. The van der Waals surface area contributed by atoms with E-state index >= 15 is 0 Å². The normalized spacial score (nSPS) is 12.3. The Balaban J connectivity index is 3.22. The number of carbonyl (C=O) groups is 1. The fraction of sp³-hybridized carbons (Fsp3) is 0.462. The Kier molecular flexibility index (Phi) is 4.21. The zero-order chi connectivity index (χ0) is 15.7. The van der Waals surface area contributed by atoms with Crippen LogP contribution in [0.5, 0.6) is 0 Å². The SMILES string of the molecule is CC(C)(C)C(=O)Cc1ccc(C(F)(F)F)cc1[N+](=O)[O-]. The van der Waals surface area contributed by atoms with Crippen molar-refractivity contribution >= 4 is 11.5 Å². The van der Waals surface area contributed by atoms with Crippen molar-refractivity contribution in [1.82, 2.24) is 0 Å². The maximum atomic E-state index is 12.5. The molecule has 0 amide bonds. The molecule has 1 rings (SSSR count). The zero-order valence-electron chi connectivity index (χ0n) is 11.2. The molecule has 1 aromatic carbocycles. The van der Waals surface area contributed by atoms with Crippen molar-refractivity contribution in [2.45, 2.75) is 33.4 Å². The first kappa shape index (κ1) is 16.1. The summed E-state index contributed by atoms with van der Waals surface area (Å²) in [7, 11) is 0. The molecule has 4 nitrogen and oxygen atoms in total. The Morgan fingerprint density at radius 2 is 1.80 bits per heavy atom. The lowest BCUT2D eigenvalue weighted by Gasteiger charge is -2.16. The molecule has 20 heavy (non-hydrogen) atoms. The van der Waals surface area contributed by atoms with Crippen LogP contribution in [0.3, 0.4) is 0 Å². The molecule has 0 saturated heterocycles. The van der Waals surface area contributed by atoms with Crippen LogP contribution in [0.2, 0.25) is 0 Å². The third kappa shape index (κ3) is 3.79. The van der Waals surface area contributed by atoms with Gasteiger partial charge in [-0.2, -0.15) is 13.2 Å². The van der Waals surface area contributed by atoms with Gasteiger partial charge in [0.1, 0.15) is 5.78 Å². The molecule has 0 spiro atoms. The van der Waals surface area contributed by atoms with Crippen LogP contribution in [-0.4, -0.2) is 10.7 Å². The molecule has 0 heterocycles. The van der Waals surface area contributed by atoms with E-state index in [1.165, 1.54) is 0 Å². The summed E-state index contributed by atoms with van der Waals surface area (Å²) in [6.45, 7) is 4.93. The Bertz CT molecular complexity index is 545. The van der Waals surface area contributed by atoms with Gasteiger partial charge in [-0.15, -0.1) is 0 Å². The smallest absolute Gasteiger partial charge is 0.299 e. The van der Waals surface area contributed by atoms with E-state index in [1.54, 1.807) is 20.8 Å². The summed E-state index contributed by atoms with van der Waals surface area (Å²) in [5.41, 5.74) is -2.51. The van der Waals surface area contributed by atoms with Crippen LogP contribution < -0.4 is 0 Å². The Labute approximate surface area is 113 Å². The van der Waals surface area contributed by atoms with Gasteiger partial charge in [0, 0.05) is 23.5 Å². The first-order valence-corrected chi connectivity index (χ1v) is 5.80. The molecule has 0 aromatic heterocycles. The summed E-state index contributed by atoms with van der Waals surface area (Å²) in [5, 5.41) is 10.9. The van der Waals surface area contributed by atoms with Crippen LogP contribution in [0, 0.1) is 15.5 Å². The topological polar surface area (TPSA) is 60.2 Å². The predicted octanol–water partition coefficient (Wildman–Crippen LogP) is 3.77. The minimum absolute atomic E-state index is 0.0112. The lowest BCUT2D eigenvalue weighted by Crippen LogP contribution is -2.22. The van der Waals surface area contributed by atoms with Crippen molar-refractivity contribution in [2.24, 2.45) is 5.41 Å². The molecule has 0 aliphatic carbocycles. The number of alkyl halides is 3. The lowest BCUT2D eigenvalue weighted by molar-refractivity contribution is -0.385. The van der Waals surface area contributed by atoms with Crippen molar-refractivity contribution < 1.29 is 22.9 Å². The standard InChI is InChI=1S/C13H14F3NO3/c1-12(2,3)11(18)6-8-4-5-9(13(14,15)16)7-10(8)17(19)20/h4-5,7H,6H2,1-3H3. The number of nitro groups is 1. The van der Waals surface area contributed by atoms with Crippen LogP contribution >= 0.6 is 0 Å². The highest BCUT2D eigenvalue weighted by Gasteiger charge is 2.33. The van der Waals surface area contributed by atoms with Crippen molar-refractivity contribution in [3.8, 4) is 0 Å². The first-order chi connectivity index (χ1) is 8.93. The van der Waals surface area contributed by atoms with Crippen molar-refractivity contribution in [3.63, 3.8) is 0 Å².